The van der Waals surface area contributed by atoms with Gasteiger partial charge in [-0.1, -0.05) is 18.2 Å². The van der Waals surface area contributed by atoms with E-state index in [9.17, 15) is 9.18 Å². The number of methoxy groups -OCH3 is 1. The number of nitrogens with one attached hydrogen (secondary N) is 1. The van der Waals surface area contributed by atoms with E-state index in [4.69, 9.17) is 4.74 Å². The van der Waals surface area contributed by atoms with Crippen LogP contribution in [0, 0.1) is 12.7 Å². The van der Waals surface area contributed by atoms with Crippen LogP contribution >= 0.6 is 0 Å². The Bertz CT molecular complexity index is 712. The molecule has 0 unspecified atom stereocenters. The highest BCUT2D eigenvalue weighted by Gasteiger charge is 2.03. The Morgan fingerprint density at radius 3 is 2.67 bits per heavy atom. The molecule has 0 spiro atoms. The number of hydrazone groups is 1. The molecule has 2 rings (SSSR count). The first-order chi connectivity index (χ1) is 11.6. The van der Waals surface area contributed by atoms with Crippen molar-refractivity contribution in [2.24, 2.45) is 5.10 Å². The van der Waals surface area contributed by atoms with Crippen LogP contribution in [0.3, 0.4) is 0 Å². The van der Waals surface area contributed by atoms with Gasteiger partial charge in [0.2, 0.25) is 5.91 Å². The molecule has 0 saturated carbocycles. The fraction of sp³-hybridized carbons (Fsp3) is 0.263. The number of rotatable bonds is 7. The van der Waals surface area contributed by atoms with Crippen molar-refractivity contribution in [3.63, 3.8) is 0 Å². The van der Waals surface area contributed by atoms with E-state index in [0.29, 0.717) is 6.42 Å². The molecule has 0 aliphatic rings. The Labute approximate surface area is 141 Å². The highest BCUT2D eigenvalue weighted by Crippen LogP contribution is 2.18. The smallest absolute Gasteiger partial charge is 0.240 e. The number of carbonyl (C=O) groups excluding carboxylic acids is 1. The minimum atomic E-state index is -0.301. The van der Waals surface area contributed by atoms with Crippen LogP contribution in [0.2, 0.25) is 0 Å². The fourth-order valence-electron chi connectivity index (χ4n) is 2.30. The number of amides is 1. The molecule has 0 atom stereocenters. The molecule has 4 nitrogen and oxygen atoms in total. The van der Waals surface area contributed by atoms with Crippen LogP contribution in [0.4, 0.5) is 4.39 Å². The molecule has 0 saturated heterocycles. The summed E-state index contributed by atoms with van der Waals surface area (Å²) >= 11 is 0. The summed E-state index contributed by atoms with van der Waals surface area (Å²) < 4.78 is 17.9. The summed E-state index contributed by atoms with van der Waals surface area (Å²) in [6.07, 6.45) is 3.45. The van der Waals surface area contributed by atoms with Crippen molar-refractivity contribution in [3.05, 3.63) is 65.0 Å². The van der Waals surface area contributed by atoms with E-state index < -0.39 is 0 Å². The summed E-state index contributed by atoms with van der Waals surface area (Å²) in [4.78, 5) is 11.8. The number of hydrogen-bond donors (Lipinski definition) is 1. The van der Waals surface area contributed by atoms with Crippen LogP contribution in [0.25, 0.3) is 0 Å². The van der Waals surface area contributed by atoms with Gasteiger partial charge in [-0.05, 0) is 60.7 Å². The van der Waals surface area contributed by atoms with Gasteiger partial charge in [-0.25, -0.2) is 9.82 Å². The van der Waals surface area contributed by atoms with E-state index >= 15 is 0 Å². The zero-order chi connectivity index (χ0) is 17.4. The minimum Gasteiger partial charge on any atom is -0.497 e. The molecule has 0 aromatic heterocycles. The van der Waals surface area contributed by atoms with Crippen molar-refractivity contribution in [1.29, 1.82) is 0 Å². The second kappa shape index (κ2) is 8.82. The molecule has 0 fully saturated rings. The van der Waals surface area contributed by atoms with E-state index in [1.807, 2.05) is 25.1 Å². The van der Waals surface area contributed by atoms with Gasteiger partial charge in [0.25, 0.3) is 0 Å². The Morgan fingerprint density at radius 1 is 1.25 bits per heavy atom. The Hall–Kier alpha value is -2.69. The third kappa shape index (κ3) is 5.50. The predicted molar refractivity (Wildman–Crippen MR) is 92.8 cm³/mol. The van der Waals surface area contributed by atoms with Gasteiger partial charge in [0, 0.05) is 6.42 Å². The number of nitrogens with zero attached hydrogens (tertiary/aromatic N) is 1. The number of halogens is 1. The molecular formula is C19H21FN2O2. The third-order valence-electron chi connectivity index (χ3n) is 3.67. The summed E-state index contributed by atoms with van der Waals surface area (Å²) in [6.45, 7) is 2.03. The van der Waals surface area contributed by atoms with Crippen molar-refractivity contribution in [1.82, 2.24) is 5.43 Å². The Balaban J connectivity index is 1.74. The first-order valence-electron chi connectivity index (χ1n) is 7.79. The van der Waals surface area contributed by atoms with E-state index in [1.165, 1.54) is 23.9 Å². The van der Waals surface area contributed by atoms with Crippen molar-refractivity contribution in [3.8, 4) is 5.75 Å². The zero-order valence-electron chi connectivity index (χ0n) is 13.9. The van der Waals surface area contributed by atoms with Gasteiger partial charge in [-0.2, -0.15) is 5.10 Å². The third-order valence-corrected chi connectivity index (χ3v) is 3.67. The lowest BCUT2D eigenvalue weighted by Gasteiger charge is -2.07. The van der Waals surface area contributed by atoms with Crippen LogP contribution in [-0.2, 0) is 11.2 Å². The molecule has 1 N–H and O–H groups in total. The largest absolute Gasteiger partial charge is 0.497 e. The molecule has 0 heterocycles. The van der Waals surface area contributed by atoms with E-state index in [-0.39, 0.29) is 11.7 Å². The van der Waals surface area contributed by atoms with Crippen molar-refractivity contribution in [2.75, 3.05) is 7.11 Å². The van der Waals surface area contributed by atoms with Gasteiger partial charge >= 0.3 is 0 Å². The van der Waals surface area contributed by atoms with Crippen LogP contribution in [0.5, 0.6) is 5.75 Å². The van der Waals surface area contributed by atoms with Gasteiger partial charge in [0.1, 0.15) is 11.6 Å². The van der Waals surface area contributed by atoms with Crippen molar-refractivity contribution in [2.45, 2.75) is 26.2 Å². The van der Waals surface area contributed by atoms with Crippen molar-refractivity contribution >= 4 is 12.1 Å². The highest BCUT2D eigenvalue weighted by atomic mass is 19.1. The molecule has 0 aliphatic heterocycles. The molecule has 0 aliphatic carbocycles. The normalized spacial score (nSPS) is 10.8. The Morgan fingerprint density at radius 2 is 2.00 bits per heavy atom. The number of aryl methyl sites for hydroxylation is 2. The maximum atomic E-state index is 12.8. The van der Waals surface area contributed by atoms with Gasteiger partial charge in [-0.15, -0.1) is 0 Å². The Kier molecular flexibility index (Phi) is 6.49. The van der Waals surface area contributed by atoms with Crippen LogP contribution in [-0.4, -0.2) is 19.2 Å². The number of hydrogen-bond acceptors (Lipinski definition) is 3. The topological polar surface area (TPSA) is 50.7 Å². The van der Waals surface area contributed by atoms with Gasteiger partial charge in [0.15, 0.2) is 0 Å². The zero-order valence-corrected chi connectivity index (χ0v) is 13.9. The lowest BCUT2D eigenvalue weighted by molar-refractivity contribution is -0.121. The van der Waals surface area contributed by atoms with E-state index in [1.54, 1.807) is 19.2 Å². The first kappa shape index (κ1) is 17.7. The second-order valence-corrected chi connectivity index (χ2v) is 5.49. The summed E-state index contributed by atoms with van der Waals surface area (Å²) in [6, 6.07) is 11.8. The molecule has 0 radical (unpaired) electrons. The van der Waals surface area contributed by atoms with E-state index in [2.05, 4.69) is 10.5 Å². The number of ether oxygens (including phenoxy) is 1. The number of carbonyl (C=O) groups is 1. The summed E-state index contributed by atoms with van der Waals surface area (Å²) in [5, 5.41) is 3.87. The fourth-order valence-corrected chi connectivity index (χ4v) is 2.30. The SMILES string of the molecule is COc1ccc(CCCC(=O)N/N=C/c2ccc(F)cc2)c(C)c1. The average Bonchev–Trinajstić information content (AvgIpc) is 2.58. The summed E-state index contributed by atoms with van der Waals surface area (Å²) in [5.41, 5.74) is 5.57. The van der Waals surface area contributed by atoms with Crippen LogP contribution < -0.4 is 10.2 Å². The molecule has 24 heavy (non-hydrogen) atoms. The van der Waals surface area contributed by atoms with Crippen LogP contribution in [0.1, 0.15) is 29.5 Å². The van der Waals surface area contributed by atoms with Crippen molar-refractivity contribution < 1.29 is 13.9 Å². The molecule has 5 heteroatoms. The van der Waals surface area contributed by atoms with Crippen LogP contribution in [0.15, 0.2) is 47.6 Å². The van der Waals surface area contributed by atoms with E-state index in [0.717, 1.165) is 29.7 Å². The standard InChI is InChI=1S/C19H21FN2O2/c1-14-12-18(24-2)11-8-16(14)4-3-5-19(23)22-21-13-15-6-9-17(20)10-7-15/h6-13H,3-5H2,1-2H3,(H,22,23)/b21-13+. The van der Waals surface area contributed by atoms with Gasteiger partial charge in [0.05, 0.1) is 13.3 Å². The quantitative estimate of drug-likeness (QED) is 0.623. The highest BCUT2D eigenvalue weighted by molar-refractivity contribution is 5.82. The molecule has 126 valence electrons. The van der Waals surface area contributed by atoms with Gasteiger partial charge < -0.3 is 4.74 Å². The average molecular weight is 328 g/mol. The lowest BCUT2D eigenvalue weighted by Crippen LogP contribution is -2.17. The maximum Gasteiger partial charge on any atom is 0.240 e. The number of benzene rings is 2. The monoisotopic (exact) mass is 328 g/mol. The summed E-state index contributed by atoms with van der Waals surface area (Å²) in [7, 11) is 1.64. The second-order valence-electron chi connectivity index (χ2n) is 5.49. The molecule has 2 aromatic rings. The molecule has 1 amide bonds. The molecule has 2 aromatic carbocycles. The molecular weight excluding hydrogens is 307 g/mol. The van der Waals surface area contributed by atoms with Gasteiger partial charge in [-0.3, -0.25) is 4.79 Å². The summed E-state index contributed by atoms with van der Waals surface area (Å²) in [5.74, 6) is 0.397. The first-order valence-corrected chi connectivity index (χ1v) is 7.79. The maximum absolute atomic E-state index is 12.8. The predicted octanol–water partition coefficient (Wildman–Crippen LogP) is 3.62. The minimum absolute atomic E-state index is 0.139. The lowest BCUT2D eigenvalue weighted by atomic mass is 10.0. The molecule has 0 bridgehead atoms.